The minimum absolute atomic E-state index is 0.0115. The summed E-state index contributed by atoms with van der Waals surface area (Å²) < 4.78 is 27.6. The number of sulfonamides is 1. The SMILES string of the molecule is NS(=O)(=O)c1cc(Cl)c(NC(=O)COC(=O)[C@@H]2CC=CCC2)c(Cl)c1. The van der Waals surface area contributed by atoms with Crippen LogP contribution in [0.5, 0.6) is 0 Å². The van der Waals surface area contributed by atoms with Gasteiger partial charge in [0.1, 0.15) is 0 Å². The Hall–Kier alpha value is -1.61. The number of rotatable bonds is 5. The number of halogens is 2. The molecule has 1 aliphatic rings. The standard InChI is InChI=1S/C15H16Cl2N2O5S/c16-11-6-10(25(18,22)23)7-12(17)14(11)19-13(20)8-24-15(21)9-4-2-1-3-5-9/h1-2,6-7,9H,3-5,8H2,(H,19,20)(H2,18,22,23)/t9-/m1/s1. The molecule has 1 aromatic rings. The highest BCUT2D eigenvalue weighted by molar-refractivity contribution is 7.89. The fraction of sp³-hybridized carbons (Fsp3) is 0.333. The van der Waals surface area contributed by atoms with Gasteiger partial charge >= 0.3 is 5.97 Å². The lowest BCUT2D eigenvalue weighted by Crippen LogP contribution is -2.25. The van der Waals surface area contributed by atoms with Gasteiger partial charge in [0.05, 0.1) is 26.5 Å². The molecule has 0 unspecified atom stereocenters. The summed E-state index contributed by atoms with van der Waals surface area (Å²) in [5, 5.41) is 7.18. The average Bonchev–Trinajstić information content (AvgIpc) is 2.55. The van der Waals surface area contributed by atoms with E-state index in [1.807, 2.05) is 12.2 Å². The molecule has 2 rings (SSSR count). The molecule has 10 heteroatoms. The van der Waals surface area contributed by atoms with Gasteiger partial charge < -0.3 is 10.1 Å². The Balaban J connectivity index is 1.98. The fourth-order valence-corrected chi connectivity index (χ4v) is 3.55. The third kappa shape index (κ3) is 5.43. The Bertz CT molecular complexity index is 800. The van der Waals surface area contributed by atoms with Gasteiger partial charge in [-0.3, -0.25) is 9.59 Å². The van der Waals surface area contributed by atoms with Crippen molar-refractivity contribution in [3.05, 3.63) is 34.3 Å². The van der Waals surface area contributed by atoms with E-state index < -0.39 is 28.5 Å². The first kappa shape index (κ1) is 19.7. The number of nitrogens with two attached hydrogens (primary N) is 1. The van der Waals surface area contributed by atoms with Crippen LogP contribution < -0.4 is 10.5 Å². The second kappa shape index (κ2) is 8.18. The Morgan fingerprint density at radius 1 is 1.24 bits per heavy atom. The molecule has 1 atom stereocenters. The first-order chi connectivity index (χ1) is 11.7. The fourth-order valence-electron chi connectivity index (χ4n) is 2.27. The van der Waals surface area contributed by atoms with E-state index >= 15 is 0 Å². The zero-order chi connectivity index (χ0) is 18.6. The van der Waals surface area contributed by atoms with Crippen LogP contribution in [0.2, 0.25) is 10.0 Å². The number of primary sulfonamides is 1. The van der Waals surface area contributed by atoms with Crippen LogP contribution in [0, 0.1) is 5.92 Å². The van der Waals surface area contributed by atoms with Crippen molar-refractivity contribution in [2.24, 2.45) is 11.1 Å². The predicted octanol–water partition coefficient (Wildman–Crippen LogP) is 2.48. The lowest BCUT2D eigenvalue weighted by atomic mass is 9.95. The van der Waals surface area contributed by atoms with Crippen molar-refractivity contribution in [2.75, 3.05) is 11.9 Å². The number of hydrogen-bond acceptors (Lipinski definition) is 5. The van der Waals surface area contributed by atoms with Crippen molar-refractivity contribution in [3.63, 3.8) is 0 Å². The monoisotopic (exact) mass is 406 g/mol. The van der Waals surface area contributed by atoms with Crippen molar-refractivity contribution in [1.29, 1.82) is 0 Å². The minimum Gasteiger partial charge on any atom is -0.455 e. The summed E-state index contributed by atoms with van der Waals surface area (Å²) >= 11 is 11.9. The summed E-state index contributed by atoms with van der Waals surface area (Å²) in [7, 11) is -3.98. The quantitative estimate of drug-likeness (QED) is 0.575. The molecule has 0 saturated heterocycles. The van der Waals surface area contributed by atoms with Crippen molar-refractivity contribution in [3.8, 4) is 0 Å². The van der Waals surface area contributed by atoms with Gasteiger partial charge in [-0.1, -0.05) is 35.4 Å². The zero-order valence-electron chi connectivity index (χ0n) is 13.0. The maximum Gasteiger partial charge on any atom is 0.309 e. The van der Waals surface area contributed by atoms with Crippen molar-refractivity contribution >= 4 is 50.8 Å². The summed E-state index contributed by atoms with van der Waals surface area (Å²) in [5.74, 6) is -1.34. The van der Waals surface area contributed by atoms with Crippen LogP contribution in [0.15, 0.2) is 29.2 Å². The summed E-state index contributed by atoms with van der Waals surface area (Å²) in [4.78, 5) is 23.5. The molecule has 136 valence electrons. The predicted molar refractivity (Wildman–Crippen MR) is 93.9 cm³/mol. The van der Waals surface area contributed by atoms with Gasteiger partial charge in [-0.15, -0.1) is 0 Å². The highest BCUT2D eigenvalue weighted by Crippen LogP contribution is 2.33. The maximum absolute atomic E-state index is 11.9. The van der Waals surface area contributed by atoms with Crippen LogP contribution >= 0.6 is 23.2 Å². The highest BCUT2D eigenvalue weighted by Gasteiger charge is 2.22. The van der Waals surface area contributed by atoms with Crippen LogP contribution in [0.3, 0.4) is 0 Å². The maximum atomic E-state index is 11.9. The lowest BCUT2D eigenvalue weighted by molar-refractivity contribution is -0.151. The van der Waals surface area contributed by atoms with Crippen molar-refractivity contribution < 1.29 is 22.7 Å². The van der Waals surface area contributed by atoms with Crippen LogP contribution in [-0.4, -0.2) is 26.9 Å². The number of ether oxygens (including phenoxy) is 1. The molecule has 25 heavy (non-hydrogen) atoms. The Labute approximate surface area is 155 Å². The Kier molecular flexibility index (Phi) is 6.45. The number of nitrogens with one attached hydrogen (secondary N) is 1. The van der Waals surface area contributed by atoms with Gasteiger partial charge in [-0.2, -0.15) is 0 Å². The number of carbonyl (C=O) groups excluding carboxylic acids is 2. The van der Waals surface area contributed by atoms with E-state index in [2.05, 4.69) is 5.32 Å². The van der Waals surface area contributed by atoms with E-state index in [9.17, 15) is 18.0 Å². The molecule has 1 aliphatic carbocycles. The Morgan fingerprint density at radius 3 is 2.40 bits per heavy atom. The van der Waals surface area contributed by atoms with Crippen molar-refractivity contribution in [2.45, 2.75) is 24.2 Å². The summed E-state index contributed by atoms with van der Waals surface area (Å²) in [6, 6.07) is 2.14. The number of carbonyl (C=O) groups is 2. The summed E-state index contributed by atoms with van der Waals surface area (Å²) in [5.41, 5.74) is 0.0115. The smallest absolute Gasteiger partial charge is 0.309 e. The Morgan fingerprint density at radius 2 is 1.88 bits per heavy atom. The number of benzene rings is 1. The van der Waals surface area contributed by atoms with E-state index in [0.717, 1.165) is 18.6 Å². The average molecular weight is 407 g/mol. The molecule has 0 spiro atoms. The van der Waals surface area contributed by atoms with Gasteiger partial charge in [-0.05, 0) is 31.4 Å². The molecule has 0 heterocycles. The topological polar surface area (TPSA) is 116 Å². The molecule has 0 fully saturated rings. The number of allylic oxidation sites excluding steroid dienone is 2. The molecule has 7 nitrogen and oxygen atoms in total. The van der Waals surface area contributed by atoms with Gasteiger partial charge in [0.25, 0.3) is 5.91 Å². The molecule has 0 bridgehead atoms. The van der Waals surface area contributed by atoms with E-state index in [1.54, 1.807) is 0 Å². The third-order valence-corrected chi connectivity index (χ3v) is 5.05. The number of amides is 1. The number of anilines is 1. The van der Waals surface area contributed by atoms with E-state index in [1.165, 1.54) is 0 Å². The van der Waals surface area contributed by atoms with Crippen LogP contribution in [0.25, 0.3) is 0 Å². The lowest BCUT2D eigenvalue weighted by Gasteiger charge is -2.16. The number of esters is 1. The first-order valence-electron chi connectivity index (χ1n) is 7.32. The number of hydrogen-bond donors (Lipinski definition) is 2. The summed E-state index contributed by atoms with van der Waals surface area (Å²) in [6.07, 6.45) is 5.97. The summed E-state index contributed by atoms with van der Waals surface area (Å²) in [6.45, 7) is -0.497. The minimum atomic E-state index is -3.98. The first-order valence-corrected chi connectivity index (χ1v) is 9.62. The molecule has 3 N–H and O–H groups in total. The molecule has 0 aliphatic heterocycles. The molecule has 0 radical (unpaired) electrons. The van der Waals surface area contributed by atoms with Gasteiger partial charge in [0, 0.05) is 0 Å². The third-order valence-electron chi connectivity index (χ3n) is 3.56. The van der Waals surface area contributed by atoms with Gasteiger partial charge in [-0.25, -0.2) is 13.6 Å². The van der Waals surface area contributed by atoms with E-state index in [4.69, 9.17) is 33.1 Å². The second-order valence-electron chi connectivity index (χ2n) is 5.44. The molecule has 0 aromatic heterocycles. The van der Waals surface area contributed by atoms with Gasteiger partial charge in [0.15, 0.2) is 6.61 Å². The molecular formula is C15H16Cl2N2O5S. The van der Waals surface area contributed by atoms with Crippen LogP contribution in [-0.2, 0) is 24.3 Å². The van der Waals surface area contributed by atoms with Gasteiger partial charge in [0.2, 0.25) is 10.0 Å². The van der Waals surface area contributed by atoms with E-state index in [-0.39, 0.29) is 26.5 Å². The largest absolute Gasteiger partial charge is 0.455 e. The molecule has 1 amide bonds. The molecule has 0 saturated carbocycles. The second-order valence-corrected chi connectivity index (χ2v) is 7.82. The molecular weight excluding hydrogens is 391 g/mol. The van der Waals surface area contributed by atoms with Crippen molar-refractivity contribution in [1.82, 2.24) is 0 Å². The van der Waals surface area contributed by atoms with Crippen LogP contribution in [0.4, 0.5) is 5.69 Å². The normalized spacial score (nSPS) is 17.2. The molecule has 1 aromatic carbocycles. The van der Waals surface area contributed by atoms with E-state index in [0.29, 0.717) is 12.8 Å². The van der Waals surface area contributed by atoms with Crippen LogP contribution in [0.1, 0.15) is 19.3 Å². The highest BCUT2D eigenvalue weighted by atomic mass is 35.5. The zero-order valence-corrected chi connectivity index (χ0v) is 15.3.